The van der Waals surface area contributed by atoms with Crippen LogP contribution in [0.25, 0.3) is 0 Å². The average Bonchev–Trinajstić information content (AvgIpc) is 3.60. The van der Waals surface area contributed by atoms with E-state index in [0.29, 0.717) is 30.3 Å². The molecule has 1 amide bonds. The molecule has 0 unspecified atom stereocenters. The van der Waals surface area contributed by atoms with Crippen molar-refractivity contribution in [2.75, 3.05) is 32.8 Å². The lowest BCUT2D eigenvalue weighted by molar-refractivity contribution is -0.135. The molecule has 0 saturated carbocycles. The second kappa shape index (κ2) is 11.7. The van der Waals surface area contributed by atoms with Crippen LogP contribution in [0.15, 0.2) is 64.9 Å². The molecule has 2 aliphatic heterocycles. The maximum Gasteiger partial charge on any atom is 0.243 e. The van der Waals surface area contributed by atoms with Crippen LogP contribution in [0.4, 0.5) is 4.39 Å². The molecule has 0 bridgehead atoms. The Morgan fingerprint density at radius 3 is 2.63 bits per heavy atom. The summed E-state index contributed by atoms with van der Waals surface area (Å²) < 4.78 is 53.5. The number of halogens is 2. The van der Waals surface area contributed by atoms with Crippen molar-refractivity contribution in [1.29, 1.82) is 0 Å². The van der Waals surface area contributed by atoms with E-state index in [9.17, 15) is 17.6 Å². The fourth-order valence-electron chi connectivity index (χ4n) is 4.84. The standard InChI is InChI=1S/C27H28ClFN2O5S2/c28-19-3-9-23(10-4-19)38(33,34)30(16-22-2-1-14-35-22)17-27(32)31-13-11-26-24(12-15-37-26)25(31)18-36-21-7-5-20(29)6-8-21/h3-10,12,15,22,25H,1-2,11,13-14,16-18H2/t22-,25+/m0/s1. The predicted octanol–water partition coefficient (Wildman–Crippen LogP) is 4.92. The molecule has 3 aromatic rings. The SMILES string of the molecule is O=C(CN(C[C@@H]1CCCO1)S(=O)(=O)c1ccc(Cl)cc1)N1CCc2sccc2[C@H]1COc1ccc(F)cc1. The minimum atomic E-state index is -3.98. The van der Waals surface area contributed by atoms with Crippen LogP contribution >= 0.6 is 22.9 Å². The highest BCUT2D eigenvalue weighted by atomic mass is 35.5. The van der Waals surface area contributed by atoms with Gasteiger partial charge in [0.1, 0.15) is 18.2 Å². The summed E-state index contributed by atoms with van der Waals surface area (Å²) in [6, 6.07) is 13.2. The van der Waals surface area contributed by atoms with Gasteiger partial charge in [0.25, 0.3) is 0 Å². The van der Waals surface area contributed by atoms with Gasteiger partial charge in [0.2, 0.25) is 15.9 Å². The third-order valence-corrected chi connectivity index (χ3v) is 9.91. The number of hydrogen-bond acceptors (Lipinski definition) is 6. The van der Waals surface area contributed by atoms with Crippen LogP contribution in [0.3, 0.4) is 0 Å². The number of thiophene rings is 1. The third-order valence-electron chi connectivity index (χ3n) is 6.83. The van der Waals surface area contributed by atoms with Crippen LogP contribution in [0.1, 0.15) is 29.3 Å². The molecule has 0 radical (unpaired) electrons. The maximum atomic E-state index is 13.8. The van der Waals surface area contributed by atoms with E-state index in [-0.39, 0.29) is 42.4 Å². The maximum absolute atomic E-state index is 13.8. The molecule has 1 saturated heterocycles. The van der Waals surface area contributed by atoms with E-state index in [0.717, 1.165) is 18.4 Å². The monoisotopic (exact) mass is 578 g/mol. The van der Waals surface area contributed by atoms with Crippen LogP contribution in [0, 0.1) is 5.82 Å². The van der Waals surface area contributed by atoms with Crippen molar-refractivity contribution in [1.82, 2.24) is 9.21 Å². The highest BCUT2D eigenvalue weighted by Gasteiger charge is 2.36. The molecule has 1 aromatic heterocycles. The Bertz CT molecular complexity index is 1360. The lowest BCUT2D eigenvalue weighted by Gasteiger charge is -2.37. The number of amides is 1. The van der Waals surface area contributed by atoms with Crippen LogP contribution < -0.4 is 4.74 Å². The van der Waals surface area contributed by atoms with Gasteiger partial charge in [-0.2, -0.15) is 4.31 Å². The molecule has 0 aliphatic carbocycles. The fourth-order valence-corrected chi connectivity index (χ4v) is 7.32. The second-order valence-electron chi connectivity index (χ2n) is 9.30. The van der Waals surface area contributed by atoms with Gasteiger partial charge in [-0.15, -0.1) is 11.3 Å². The van der Waals surface area contributed by atoms with E-state index in [1.54, 1.807) is 28.4 Å². The number of nitrogens with zero attached hydrogens (tertiary/aromatic N) is 2. The van der Waals surface area contributed by atoms with Gasteiger partial charge in [-0.25, -0.2) is 12.8 Å². The smallest absolute Gasteiger partial charge is 0.243 e. The molecule has 5 rings (SSSR count). The van der Waals surface area contributed by atoms with Crippen LogP contribution in [0.5, 0.6) is 5.75 Å². The first-order valence-corrected chi connectivity index (χ1v) is 15.1. The van der Waals surface area contributed by atoms with E-state index >= 15 is 0 Å². The summed E-state index contributed by atoms with van der Waals surface area (Å²) in [6.45, 7) is 0.945. The summed E-state index contributed by atoms with van der Waals surface area (Å²) >= 11 is 7.60. The number of carbonyl (C=O) groups excluding carboxylic acids is 1. The number of carbonyl (C=O) groups is 1. The Balaban J connectivity index is 1.38. The van der Waals surface area contributed by atoms with Crippen molar-refractivity contribution in [2.45, 2.75) is 36.3 Å². The van der Waals surface area contributed by atoms with Gasteiger partial charge in [-0.3, -0.25) is 4.79 Å². The lowest BCUT2D eigenvalue weighted by Crippen LogP contribution is -2.49. The summed E-state index contributed by atoms with van der Waals surface area (Å²) in [5, 5.41) is 2.41. The summed E-state index contributed by atoms with van der Waals surface area (Å²) in [5.41, 5.74) is 0.989. The zero-order valence-corrected chi connectivity index (χ0v) is 23.0. The first kappa shape index (κ1) is 27.1. The Kier molecular flexibility index (Phi) is 8.35. The summed E-state index contributed by atoms with van der Waals surface area (Å²) in [7, 11) is -3.98. The number of sulfonamides is 1. The quantitative estimate of drug-likeness (QED) is 0.360. The Hall–Kier alpha value is -2.50. The Morgan fingerprint density at radius 1 is 1.16 bits per heavy atom. The van der Waals surface area contributed by atoms with Crippen molar-refractivity contribution >= 4 is 38.9 Å². The molecule has 38 heavy (non-hydrogen) atoms. The number of ether oxygens (including phenoxy) is 2. The largest absolute Gasteiger partial charge is 0.491 e. The van der Waals surface area contributed by atoms with E-state index in [1.165, 1.54) is 45.6 Å². The zero-order chi connectivity index (χ0) is 26.7. The molecule has 2 atom stereocenters. The second-order valence-corrected chi connectivity index (χ2v) is 12.7. The Labute approximate surface area is 230 Å². The van der Waals surface area contributed by atoms with Gasteiger partial charge >= 0.3 is 0 Å². The highest BCUT2D eigenvalue weighted by Crippen LogP contribution is 2.34. The van der Waals surface area contributed by atoms with Crippen LogP contribution in [-0.4, -0.2) is 62.5 Å². The van der Waals surface area contributed by atoms with Crippen molar-refractivity contribution in [3.05, 3.63) is 81.3 Å². The average molecular weight is 579 g/mol. The fraction of sp³-hybridized carbons (Fsp3) is 0.370. The molecule has 3 heterocycles. The first-order chi connectivity index (χ1) is 18.3. The topological polar surface area (TPSA) is 76.2 Å². The van der Waals surface area contributed by atoms with Crippen molar-refractivity contribution in [3.63, 3.8) is 0 Å². The van der Waals surface area contributed by atoms with Gasteiger partial charge in [0.15, 0.2) is 0 Å². The van der Waals surface area contributed by atoms with Gasteiger partial charge in [-0.1, -0.05) is 11.6 Å². The summed E-state index contributed by atoms with van der Waals surface area (Å²) in [4.78, 5) is 16.7. The number of hydrogen-bond donors (Lipinski definition) is 0. The lowest BCUT2D eigenvalue weighted by atomic mass is 10.0. The molecular weight excluding hydrogens is 551 g/mol. The highest BCUT2D eigenvalue weighted by molar-refractivity contribution is 7.89. The zero-order valence-electron chi connectivity index (χ0n) is 20.6. The molecule has 202 valence electrons. The van der Waals surface area contributed by atoms with E-state index in [2.05, 4.69) is 0 Å². The van der Waals surface area contributed by atoms with E-state index < -0.39 is 16.1 Å². The predicted molar refractivity (Wildman–Crippen MR) is 144 cm³/mol. The molecule has 2 aliphatic rings. The van der Waals surface area contributed by atoms with Gasteiger partial charge < -0.3 is 14.4 Å². The normalized spacial score (nSPS) is 19.5. The minimum Gasteiger partial charge on any atom is -0.491 e. The first-order valence-electron chi connectivity index (χ1n) is 12.4. The van der Waals surface area contributed by atoms with Crippen molar-refractivity contribution in [2.24, 2.45) is 0 Å². The number of fused-ring (bicyclic) bond motifs is 1. The van der Waals surface area contributed by atoms with Crippen molar-refractivity contribution in [3.8, 4) is 5.75 Å². The molecule has 1 fully saturated rings. The summed E-state index contributed by atoms with van der Waals surface area (Å²) in [6.07, 6.45) is 1.99. The summed E-state index contributed by atoms with van der Waals surface area (Å²) in [5.74, 6) is -0.184. The molecule has 11 heteroatoms. The van der Waals surface area contributed by atoms with E-state index in [1.807, 2.05) is 11.4 Å². The molecule has 7 nitrogen and oxygen atoms in total. The minimum absolute atomic E-state index is 0.0719. The molecule has 0 N–H and O–H groups in total. The van der Waals surface area contributed by atoms with Crippen LogP contribution in [-0.2, 0) is 26.0 Å². The molecule has 0 spiro atoms. The number of benzene rings is 2. The third kappa shape index (κ3) is 6.05. The van der Waals surface area contributed by atoms with Gasteiger partial charge in [-0.05, 0) is 84.8 Å². The molecular formula is C27H28ClFN2O5S2. The van der Waals surface area contributed by atoms with Crippen LogP contribution in [0.2, 0.25) is 5.02 Å². The number of rotatable bonds is 9. The van der Waals surface area contributed by atoms with Gasteiger partial charge in [0.05, 0.1) is 23.6 Å². The van der Waals surface area contributed by atoms with E-state index in [4.69, 9.17) is 21.1 Å². The Morgan fingerprint density at radius 2 is 1.92 bits per heavy atom. The van der Waals surface area contributed by atoms with Gasteiger partial charge in [0, 0.05) is 29.6 Å². The molecule has 2 aromatic carbocycles. The van der Waals surface area contributed by atoms with Crippen molar-refractivity contribution < 1.29 is 27.1 Å².